The quantitative estimate of drug-likeness (QED) is 0.629. The van der Waals surface area contributed by atoms with Crippen molar-refractivity contribution in [1.29, 1.82) is 0 Å². The number of piperidine rings is 1. The van der Waals surface area contributed by atoms with Crippen LogP contribution in [0.25, 0.3) is 0 Å². The molecule has 0 saturated carbocycles. The van der Waals surface area contributed by atoms with Gasteiger partial charge in [0.15, 0.2) is 0 Å². The Bertz CT molecular complexity index is 146. The van der Waals surface area contributed by atoms with Gasteiger partial charge in [0.1, 0.15) is 0 Å². The molecule has 2 rings (SSSR count). The maximum Gasteiger partial charge on any atom is 0.00728 e. The Morgan fingerprint density at radius 1 is 1.33 bits per heavy atom. The summed E-state index contributed by atoms with van der Waals surface area (Å²) in [5, 5.41) is 4.26. The Morgan fingerprint density at radius 3 is 2.42 bits per heavy atom. The third-order valence-electron chi connectivity index (χ3n) is 3.25. The van der Waals surface area contributed by atoms with Crippen LogP contribution in [-0.4, -0.2) is 17.3 Å². The number of thiol groups is 1. The minimum Gasteiger partial charge on any atom is -0.311 e. The summed E-state index contributed by atoms with van der Waals surface area (Å²) in [6, 6.07) is 1.70. The molecule has 0 aliphatic carbocycles. The van der Waals surface area contributed by atoms with Gasteiger partial charge in [-0.15, -0.1) is 0 Å². The molecule has 0 spiro atoms. The Kier molecular flexibility index (Phi) is 2.66. The van der Waals surface area contributed by atoms with Gasteiger partial charge in [0.05, 0.1) is 0 Å². The fourth-order valence-electron chi connectivity index (χ4n) is 2.85. The molecule has 2 aliphatic rings. The summed E-state index contributed by atoms with van der Waals surface area (Å²) < 4.78 is 0. The normalized spacial score (nSPS) is 43.0. The van der Waals surface area contributed by atoms with Crippen molar-refractivity contribution in [3.63, 3.8) is 0 Å². The van der Waals surface area contributed by atoms with Crippen molar-refractivity contribution in [3.05, 3.63) is 0 Å². The molecule has 2 saturated heterocycles. The molecule has 2 heterocycles. The highest BCUT2D eigenvalue weighted by atomic mass is 32.1. The second-order valence-corrected chi connectivity index (χ2v) is 5.44. The zero-order valence-corrected chi connectivity index (χ0v) is 8.69. The van der Waals surface area contributed by atoms with Gasteiger partial charge in [-0.05, 0) is 43.3 Å². The summed E-state index contributed by atoms with van der Waals surface area (Å²) in [6.07, 6.45) is 6.96. The van der Waals surface area contributed by atoms with Crippen molar-refractivity contribution in [2.75, 3.05) is 0 Å². The first-order chi connectivity index (χ1) is 5.74. The maximum atomic E-state index is 4.47. The van der Waals surface area contributed by atoms with Gasteiger partial charge in [0.25, 0.3) is 0 Å². The lowest BCUT2D eigenvalue weighted by molar-refractivity contribution is 0.286. The molecule has 3 unspecified atom stereocenters. The highest BCUT2D eigenvalue weighted by Gasteiger charge is 2.33. The van der Waals surface area contributed by atoms with Crippen molar-refractivity contribution in [1.82, 2.24) is 5.32 Å². The molecule has 12 heavy (non-hydrogen) atoms. The molecule has 2 bridgehead atoms. The van der Waals surface area contributed by atoms with Gasteiger partial charge in [-0.25, -0.2) is 0 Å². The van der Waals surface area contributed by atoms with Crippen LogP contribution in [0, 0.1) is 5.92 Å². The largest absolute Gasteiger partial charge is 0.311 e. The number of hydrogen-bond donors (Lipinski definition) is 2. The summed E-state index contributed by atoms with van der Waals surface area (Å²) in [7, 11) is 0. The molecular weight excluding hydrogens is 166 g/mol. The monoisotopic (exact) mass is 185 g/mol. The number of nitrogens with one attached hydrogen (secondary N) is 1. The first-order valence-electron chi connectivity index (χ1n) is 5.18. The van der Waals surface area contributed by atoms with Gasteiger partial charge >= 0.3 is 0 Å². The first kappa shape index (κ1) is 8.89. The van der Waals surface area contributed by atoms with Gasteiger partial charge in [-0.3, -0.25) is 0 Å². The van der Waals surface area contributed by atoms with E-state index in [1.165, 1.54) is 32.1 Å². The molecule has 0 aromatic heterocycles. The molecule has 0 radical (unpaired) electrons. The van der Waals surface area contributed by atoms with E-state index in [1.807, 2.05) is 0 Å². The van der Waals surface area contributed by atoms with E-state index in [0.717, 1.165) is 18.0 Å². The lowest BCUT2D eigenvalue weighted by atomic mass is 9.89. The molecule has 2 fully saturated rings. The van der Waals surface area contributed by atoms with Crippen molar-refractivity contribution in [3.8, 4) is 0 Å². The molecule has 0 aromatic carbocycles. The second kappa shape index (κ2) is 3.59. The predicted molar refractivity (Wildman–Crippen MR) is 55.7 cm³/mol. The number of fused-ring (bicyclic) bond motifs is 2. The molecule has 2 heteroatoms. The second-order valence-electron chi connectivity index (χ2n) is 4.56. The van der Waals surface area contributed by atoms with Crippen LogP contribution < -0.4 is 5.32 Å². The smallest absolute Gasteiger partial charge is 0.00728 e. The molecular formula is C10H19NS. The topological polar surface area (TPSA) is 12.0 Å². The predicted octanol–water partition coefficient (Wildman–Crippen LogP) is 2.23. The fraction of sp³-hybridized carbons (Fsp3) is 1.00. The average molecular weight is 185 g/mol. The van der Waals surface area contributed by atoms with E-state index in [9.17, 15) is 0 Å². The third-order valence-corrected chi connectivity index (χ3v) is 3.46. The summed E-state index contributed by atoms with van der Waals surface area (Å²) in [4.78, 5) is 0. The summed E-state index contributed by atoms with van der Waals surface area (Å²) in [5.41, 5.74) is 0. The molecule has 0 amide bonds. The zero-order valence-electron chi connectivity index (χ0n) is 7.79. The molecule has 0 aromatic rings. The summed E-state index contributed by atoms with van der Waals surface area (Å²) in [5.74, 6) is 0.955. The van der Waals surface area contributed by atoms with Crippen LogP contribution in [0.2, 0.25) is 0 Å². The van der Waals surface area contributed by atoms with Gasteiger partial charge in [-0.1, -0.05) is 6.92 Å². The van der Waals surface area contributed by atoms with E-state index in [0.29, 0.717) is 5.25 Å². The van der Waals surface area contributed by atoms with Gasteiger partial charge in [0, 0.05) is 12.1 Å². The van der Waals surface area contributed by atoms with Crippen LogP contribution in [0.5, 0.6) is 0 Å². The Balaban J connectivity index is 1.85. The van der Waals surface area contributed by atoms with Crippen LogP contribution in [0.1, 0.15) is 39.0 Å². The Hall–Kier alpha value is 0.310. The van der Waals surface area contributed by atoms with Crippen molar-refractivity contribution < 1.29 is 0 Å². The number of rotatable bonds is 2. The highest BCUT2D eigenvalue weighted by Crippen LogP contribution is 2.33. The Labute approximate surface area is 80.7 Å². The van der Waals surface area contributed by atoms with Crippen molar-refractivity contribution in [2.45, 2.75) is 56.4 Å². The lowest BCUT2D eigenvalue weighted by Crippen LogP contribution is -2.38. The van der Waals surface area contributed by atoms with E-state index in [1.54, 1.807) is 0 Å². The van der Waals surface area contributed by atoms with E-state index >= 15 is 0 Å². The zero-order chi connectivity index (χ0) is 8.55. The maximum absolute atomic E-state index is 4.47. The minimum absolute atomic E-state index is 0.590. The van der Waals surface area contributed by atoms with Gasteiger partial charge in [-0.2, -0.15) is 12.6 Å². The van der Waals surface area contributed by atoms with E-state index < -0.39 is 0 Å². The SMILES string of the molecule is CC(S)CC1CC2CCC(C1)N2. The van der Waals surface area contributed by atoms with Gasteiger partial charge < -0.3 is 5.32 Å². The van der Waals surface area contributed by atoms with Crippen molar-refractivity contribution >= 4 is 12.6 Å². The van der Waals surface area contributed by atoms with E-state index in [2.05, 4.69) is 24.9 Å². The van der Waals surface area contributed by atoms with Crippen LogP contribution in [0.3, 0.4) is 0 Å². The lowest BCUT2D eigenvalue weighted by Gasteiger charge is -2.29. The Morgan fingerprint density at radius 2 is 1.92 bits per heavy atom. The molecule has 1 N–H and O–H groups in total. The summed E-state index contributed by atoms with van der Waals surface area (Å²) >= 11 is 4.47. The first-order valence-corrected chi connectivity index (χ1v) is 5.70. The molecule has 1 nitrogen and oxygen atoms in total. The minimum atomic E-state index is 0.590. The molecule has 3 atom stereocenters. The molecule has 70 valence electrons. The van der Waals surface area contributed by atoms with E-state index in [4.69, 9.17) is 0 Å². The van der Waals surface area contributed by atoms with E-state index in [-0.39, 0.29) is 0 Å². The van der Waals surface area contributed by atoms with Crippen LogP contribution in [0.4, 0.5) is 0 Å². The number of hydrogen-bond acceptors (Lipinski definition) is 2. The van der Waals surface area contributed by atoms with Crippen molar-refractivity contribution in [2.24, 2.45) is 5.92 Å². The summed E-state index contributed by atoms with van der Waals surface area (Å²) in [6.45, 7) is 2.22. The van der Waals surface area contributed by atoms with Crippen LogP contribution >= 0.6 is 12.6 Å². The average Bonchev–Trinajstić information content (AvgIpc) is 2.29. The molecule has 2 aliphatic heterocycles. The standard InChI is InChI=1S/C10H19NS/c1-7(12)4-8-5-9-2-3-10(6-8)11-9/h7-12H,2-6H2,1H3. The highest BCUT2D eigenvalue weighted by molar-refractivity contribution is 7.80. The van der Waals surface area contributed by atoms with Crippen LogP contribution in [0.15, 0.2) is 0 Å². The van der Waals surface area contributed by atoms with Gasteiger partial charge in [0.2, 0.25) is 0 Å². The van der Waals surface area contributed by atoms with Crippen LogP contribution in [-0.2, 0) is 0 Å². The third kappa shape index (κ3) is 1.97. The fourth-order valence-corrected chi connectivity index (χ4v) is 3.15.